The number of morpholine rings is 1. The van der Waals surface area contributed by atoms with Crippen LogP contribution in [-0.4, -0.2) is 71.5 Å². The fourth-order valence-corrected chi connectivity index (χ4v) is 6.38. The van der Waals surface area contributed by atoms with E-state index in [4.69, 9.17) is 31.5 Å². The molecule has 2 amide bonds. The van der Waals surface area contributed by atoms with Crippen molar-refractivity contribution in [2.45, 2.75) is 75.7 Å². The minimum atomic E-state index is -1.35. The molecule has 3 N–H and O–H groups in total. The molecule has 1 aromatic heterocycles. The van der Waals surface area contributed by atoms with Crippen LogP contribution in [-0.2, 0) is 25.4 Å². The molecule has 2 saturated heterocycles. The molecule has 0 saturated carbocycles. The molecule has 48 heavy (non-hydrogen) atoms. The van der Waals surface area contributed by atoms with Gasteiger partial charge in [0.25, 0.3) is 0 Å². The lowest BCUT2D eigenvalue weighted by Gasteiger charge is -2.48. The number of rotatable bonds is 8. The molecule has 0 aliphatic carbocycles. The molecule has 13 heteroatoms. The van der Waals surface area contributed by atoms with Crippen molar-refractivity contribution in [2.24, 2.45) is 5.73 Å². The Bertz CT molecular complexity index is 1590. The number of amides is 2. The second kappa shape index (κ2) is 14.8. The van der Waals surface area contributed by atoms with Gasteiger partial charge in [-0.2, -0.15) is 0 Å². The Balaban J connectivity index is 1.35. The first-order valence-electron chi connectivity index (χ1n) is 15.9. The number of nitrogens with two attached hydrogens (primary N) is 1. The first kappa shape index (κ1) is 35.6. The minimum Gasteiger partial charge on any atom is -0.444 e. The number of ether oxygens (including phenoxy) is 3. The van der Waals surface area contributed by atoms with E-state index < -0.39 is 58.7 Å². The van der Waals surface area contributed by atoms with Crippen LogP contribution in [0.15, 0.2) is 54.9 Å². The van der Waals surface area contributed by atoms with Crippen molar-refractivity contribution in [3.05, 3.63) is 94.0 Å². The lowest BCUT2D eigenvalue weighted by atomic mass is 9.84. The summed E-state index contributed by atoms with van der Waals surface area (Å²) in [5, 5.41) is 3.11. The van der Waals surface area contributed by atoms with Gasteiger partial charge in [-0.05, 0) is 69.0 Å². The summed E-state index contributed by atoms with van der Waals surface area (Å²) in [6.45, 7) is 6.98. The lowest BCUT2D eigenvalue weighted by molar-refractivity contribution is -0.186. The van der Waals surface area contributed by atoms with Crippen LogP contribution in [0.2, 0.25) is 5.02 Å². The molecule has 5 rings (SSSR count). The van der Waals surface area contributed by atoms with E-state index in [1.54, 1.807) is 49.9 Å². The number of carbonyl (C=O) groups excluding carboxylic acids is 2. The van der Waals surface area contributed by atoms with Gasteiger partial charge in [-0.25, -0.2) is 18.0 Å². The van der Waals surface area contributed by atoms with Gasteiger partial charge >= 0.3 is 6.09 Å². The molecule has 3 atom stereocenters. The Morgan fingerprint density at radius 1 is 1.08 bits per heavy atom. The van der Waals surface area contributed by atoms with Crippen LogP contribution in [0.25, 0.3) is 0 Å². The van der Waals surface area contributed by atoms with Gasteiger partial charge in [0.2, 0.25) is 5.91 Å². The average Bonchev–Trinajstić information content (AvgIpc) is 3.00. The van der Waals surface area contributed by atoms with E-state index >= 15 is 4.39 Å². The molecule has 258 valence electrons. The Labute approximate surface area is 282 Å². The van der Waals surface area contributed by atoms with Crippen molar-refractivity contribution < 1.29 is 37.0 Å². The fourth-order valence-electron chi connectivity index (χ4n) is 6.25. The Morgan fingerprint density at radius 3 is 2.40 bits per heavy atom. The van der Waals surface area contributed by atoms with E-state index in [1.165, 1.54) is 6.20 Å². The van der Waals surface area contributed by atoms with Crippen molar-refractivity contribution in [1.29, 1.82) is 0 Å². The molecule has 0 unspecified atom stereocenters. The number of nitrogens with one attached hydrogen (secondary N) is 1. The third-order valence-corrected chi connectivity index (χ3v) is 8.74. The van der Waals surface area contributed by atoms with Crippen LogP contribution in [0.1, 0.15) is 62.6 Å². The standard InChI is InChI=1S/C35H40ClF3N4O5/c1-34(2,3)48-33(45)43-19-26(47-35(20-43)10-12-46-13-11-35)8-9-27-28(39)17-41-18-29(27)42-32(44)31(40)30(21-4-6-23(36)7-5-21)22-14-24(37)16-25(38)15-22/h4-7,14-18,26,30-31H,8-13,19-20,40H2,1-3H3,(H,42,44)/t26-,30+,31+/m1/s1. The number of carbonyl (C=O) groups is 2. The van der Waals surface area contributed by atoms with Gasteiger partial charge in [0.1, 0.15) is 23.1 Å². The molecule has 3 aromatic rings. The van der Waals surface area contributed by atoms with Gasteiger partial charge in [0.05, 0.1) is 48.9 Å². The minimum absolute atomic E-state index is 0.0938. The van der Waals surface area contributed by atoms with Crippen LogP contribution in [0.4, 0.5) is 23.7 Å². The fraction of sp³-hybridized carbons (Fsp3) is 0.457. The zero-order valence-electron chi connectivity index (χ0n) is 27.1. The van der Waals surface area contributed by atoms with Gasteiger partial charge in [0.15, 0.2) is 0 Å². The summed E-state index contributed by atoms with van der Waals surface area (Å²) < 4.78 is 61.6. The molecule has 2 aliphatic heterocycles. The summed E-state index contributed by atoms with van der Waals surface area (Å²) in [5.74, 6) is -4.00. The van der Waals surface area contributed by atoms with Crippen molar-refractivity contribution in [3.8, 4) is 0 Å². The summed E-state index contributed by atoms with van der Waals surface area (Å²) >= 11 is 6.06. The number of pyridine rings is 1. The zero-order valence-corrected chi connectivity index (χ0v) is 27.9. The third-order valence-electron chi connectivity index (χ3n) is 8.49. The monoisotopic (exact) mass is 688 g/mol. The largest absolute Gasteiger partial charge is 0.444 e. The summed E-state index contributed by atoms with van der Waals surface area (Å²) in [5.41, 5.74) is 6.07. The predicted octanol–water partition coefficient (Wildman–Crippen LogP) is 6.37. The van der Waals surface area contributed by atoms with Crippen LogP contribution in [0.5, 0.6) is 0 Å². The average molecular weight is 689 g/mol. The Kier molecular flexibility index (Phi) is 11.0. The van der Waals surface area contributed by atoms with Gasteiger partial charge in [-0.3, -0.25) is 9.78 Å². The Morgan fingerprint density at radius 2 is 1.75 bits per heavy atom. The predicted molar refractivity (Wildman–Crippen MR) is 174 cm³/mol. The van der Waals surface area contributed by atoms with E-state index in [-0.39, 0.29) is 29.8 Å². The molecular weight excluding hydrogens is 649 g/mol. The van der Waals surface area contributed by atoms with Gasteiger partial charge in [-0.15, -0.1) is 0 Å². The van der Waals surface area contributed by atoms with Crippen molar-refractivity contribution >= 4 is 29.3 Å². The molecule has 2 aromatic carbocycles. The van der Waals surface area contributed by atoms with E-state index in [0.717, 1.165) is 24.4 Å². The molecule has 0 radical (unpaired) electrons. The highest BCUT2D eigenvalue weighted by atomic mass is 35.5. The number of hydrogen-bond donors (Lipinski definition) is 2. The number of benzene rings is 2. The van der Waals surface area contributed by atoms with Crippen molar-refractivity contribution in [3.63, 3.8) is 0 Å². The normalized spacial score (nSPS) is 19.1. The summed E-state index contributed by atoms with van der Waals surface area (Å²) in [7, 11) is 0. The highest BCUT2D eigenvalue weighted by molar-refractivity contribution is 6.30. The quantitative estimate of drug-likeness (QED) is 0.283. The SMILES string of the molecule is CC(C)(C)OC(=O)N1C[C@@H](CCc2c(F)cncc2NC(=O)[C@@H](N)[C@@H](c2ccc(Cl)cc2)c2cc(F)cc(F)c2)OC2(CCOCC2)C1. The zero-order chi connectivity index (χ0) is 34.6. The van der Waals surface area contributed by atoms with Crippen molar-refractivity contribution in [1.82, 2.24) is 9.88 Å². The van der Waals surface area contributed by atoms with E-state index in [1.807, 2.05) is 0 Å². The number of halogens is 4. The van der Waals surface area contributed by atoms with E-state index in [9.17, 15) is 18.4 Å². The smallest absolute Gasteiger partial charge is 0.410 e. The molecule has 0 bridgehead atoms. The number of hydrogen-bond acceptors (Lipinski definition) is 7. The maximum absolute atomic E-state index is 15.3. The maximum atomic E-state index is 15.3. The summed E-state index contributed by atoms with van der Waals surface area (Å²) in [6, 6.07) is 8.01. The van der Waals surface area contributed by atoms with Gasteiger partial charge in [-0.1, -0.05) is 23.7 Å². The number of anilines is 1. The number of aromatic nitrogens is 1. The topological polar surface area (TPSA) is 116 Å². The van der Waals surface area contributed by atoms with E-state index in [0.29, 0.717) is 49.6 Å². The van der Waals surface area contributed by atoms with Gasteiger partial charge in [0, 0.05) is 48.6 Å². The van der Waals surface area contributed by atoms with Crippen LogP contribution >= 0.6 is 11.6 Å². The first-order valence-corrected chi connectivity index (χ1v) is 16.2. The van der Waals surface area contributed by atoms with Crippen molar-refractivity contribution in [2.75, 3.05) is 31.6 Å². The lowest BCUT2D eigenvalue weighted by Crippen LogP contribution is -2.59. The highest BCUT2D eigenvalue weighted by Gasteiger charge is 2.44. The second-order valence-electron chi connectivity index (χ2n) is 13.3. The van der Waals surface area contributed by atoms with Gasteiger partial charge < -0.3 is 30.2 Å². The molecular formula is C35H40ClF3N4O5. The second-order valence-corrected chi connectivity index (χ2v) is 13.8. The summed E-state index contributed by atoms with van der Waals surface area (Å²) in [6.07, 6.45) is 3.09. The summed E-state index contributed by atoms with van der Waals surface area (Å²) in [4.78, 5) is 32.3. The van der Waals surface area contributed by atoms with Crippen LogP contribution in [0.3, 0.4) is 0 Å². The molecule has 2 fully saturated rings. The first-order chi connectivity index (χ1) is 22.7. The molecule has 2 aliphatic rings. The van der Waals surface area contributed by atoms with Crippen LogP contribution in [0, 0.1) is 17.5 Å². The van der Waals surface area contributed by atoms with Crippen LogP contribution < -0.4 is 11.1 Å². The van der Waals surface area contributed by atoms with E-state index in [2.05, 4.69) is 10.3 Å². The highest BCUT2D eigenvalue weighted by Crippen LogP contribution is 2.35. The third kappa shape index (κ3) is 8.84. The molecule has 3 heterocycles. The maximum Gasteiger partial charge on any atom is 0.410 e. The number of nitrogens with zero attached hydrogens (tertiary/aromatic N) is 2. The molecule has 1 spiro atoms. The molecule has 9 nitrogen and oxygen atoms in total. The Hall–Kier alpha value is -3.71.